The van der Waals surface area contributed by atoms with Gasteiger partial charge in [-0.2, -0.15) is 0 Å². The Morgan fingerprint density at radius 3 is 2.02 bits per heavy atom. The van der Waals surface area contributed by atoms with Crippen LogP contribution in [-0.2, 0) is 18.4 Å². The largest absolute Gasteiger partial charge is 0.472 e. The van der Waals surface area contributed by atoms with E-state index in [1.54, 1.807) is 6.08 Å². The number of phosphoric acid groups is 1. The van der Waals surface area contributed by atoms with Gasteiger partial charge in [-0.1, -0.05) is 113 Å². The summed E-state index contributed by atoms with van der Waals surface area (Å²) < 4.78 is 21.9. The minimum absolute atomic E-state index is 0.0661. The monoisotopic (exact) mass is 638 g/mol. The number of aliphatic hydroxyl groups is 1. The Labute approximate surface area is 268 Å². The topological polar surface area (TPSA) is 131 Å². The Kier molecular flexibility index (Phi) is 29.9. The number of carbonyl (C=O) groups is 1. The van der Waals surface area contributed by atoms with E-state index in [0.29, 0.717) is 12.8 Å². The van der Waals surface area contributed by atoms with Crippen molar-refractivity contribution in [3.8, 4) is 0 Å². The van der Waals surface area contributed by atoms with Crippen LogP contribution >= 0.6 is 7.82 Å². The number of phosphoric ester groups is 1. The number of amides is 1. The Bertz CT molecular complexity index is 871. The van der Waals surface area contributed by atoms with Crippen molar-refractivity contribution in [3.63, 3.8) is 0 Å². The third-order valence-corrected chi connectivity index (χ3v) is 7.81. The Hall–Kier alpha value is -1.80. The minimum atomic E-state index is -4.34. The number of hydrogen-bond donors (Lipinski definition) is 4. The number of carbonyl (C=O) groups excluding carboxylic acids is 1. The molecule has 0 saturated heterocycles. The molecule has 0 aliphatic carbocycles. The molecule has 9 heteroatoms. The first-order chi connectivity index (χ1) is 21.4. The number of unbranched alkanes of at least 4 members (excludes halogenated alkanes) is 10. The molecule has 0 rings (SSSR count). The highest BCUT2D eigenvalue weighted by molar-refractivity contribution is 7.47. The maximum Gasteiger partial charge on any atom is 0.472 e. The van der Waals surface area contributed by atoms with Gasteiger partial charge in [0.2, 0.25) is 5.91 Å². The number of allylic oxidation sites excluding steroid dienone is 9. The van der Waals surface area contributed by atoms with Gasteiger partial charge in [0.25, 0.3) is 0 Å². The third-order valence-electron chi connectivity index (χ3n) is 6.83. The molecule has 0 radical (unpaired) electrons. The second kappa shape index (κ2) is 31.2. The summed E-state index contributed by atoms with van der Waals surface area (Å²) >= 11 is 0. The fourth-order valence-corrected chi connectivity index (χ4v) is 5.04. The van der Waals surface area contributed by atoms with E-state index in [4.69, 9.17) is 14.8 Å². The van der Waals surface area contributed by atoms with Crippen LogP contribution in [0.2, 0.25) is 0 Å². The quantitative estimate of drug-likeness (QED) is 0.0353. The van der Waals surface area contributed by atoms with Crippen molar-refractivity contribution in [2.24, 2.45) is 5.73 Å². The van der Waals surface area contributed by atoms with Crippen LogP contribution in [0, 0.1) is 0 Å². The first-order valence-corrected chi connectivity index (χ1v) is 18.4. The standard InChI is InChI=1S/C35H63N2O6P/c1-3-5-7-9-11-13-15-17-19-21-23-25-27-29-35(39)37-33(32-43-44(40,41)42-31-30-36)34(38)28-26-24-22-20-18-16-14-12-10-8-6-4-2/h5,7,11,13,17-20,26,28,33-34,38H,3-4,6,8-10,12,14-16,21-25,27,29-32,36H2,1-2H3,(H,37,39)(H,40,41)/b7-5-,13-11-,19-17-,20-18+,28-26+. The lowest BCUT2D eigenvalue weighted by molar-refractivity contribution is -0.123. The summed E-state index contributed by atoms with van der Waals surface area (Å²) in [4.78, 5) is 22.5. The van der Waals surface area contributed by atoms with Crippen LogP contribution in [-0.4, -0.2) is 47.8 Å². The molecule has 0 fully saturated rings. The predicted octanol–water partition coefficient (Wildman–Crippen LogP) is 8.38. The zero-order chi connectivity index (χ0) is 32.6. The summed E-state index contributed by atoms with van der Waals surface area (Å²) in [6.45, 7) is 3.91. The van der Waals surface area contributed by atoms with Crippen LogP contribution in [0.15, 0.2) is 60.8 Å². The molecule has 1 amide bonds. The average Bonchev–Trinajstić information content (AvgIpc) is 3.01. The van der Waals surface area contributed by atoms with E-state index in [9.17, 15) is 19.4 Å². The van der Waals surface area contributed by atoms with E-state index in [1.807, 2.05) is 6.08 Å². The minimum Gasteiger partial charge on any atom is -0.387 e. The summed E-state index contributed by atoms with van der Waals surface area (Å²) in [6.07, 6.45) is 37.0. The molecule has 0 heterocycles. The third kappa shape index (κ3) is 28.9. The molecular weight excluding hydrogens is 575 g/mol. The van der Waals surface area contributed by atoms with Gasteiger partial charge in [-0.15, -0.1) is 0 Å². The SMILES string of the molecule is CC/C=C\C/C=C\C/C=C\CCCCCC(=O)NC(COP(=O)(O)OCCN)C(O)/C=C/CC/C=C/CCCCCCCC. The number of nitrogens with one attached hydrogen (secondary N) is 1. The zero-order valence-corrected chi connectivity index (χ0v) is 28.5. The Morgan fingerprint density at radius 2 is 1.34 bits per heavy atom. The molecule has 0 aliphatic heterocycles. The van der Waals surface area contributed by atoms with Crippen molar-refractivity contribution in [2.75, 3.05) is 19.8 Å². The van der Waals surface area contributed by atoms with Crippen molar-refractivity contribution < 1.29 is 28.4 Å². The van der Waals surface area contributed by atoms with Gasteiger partial charge in [-0.25, -0.2) is 4.57 Å². The van der Waals surface area contributed by atoms with Crippen molar-refractivity contribution in [1.82, 2.24) is 5.32 Å². The summed E-state index contributed by atoms with van der Waals surface area (Å²) in [5, 5.41) is 13.5. The zero-order valence-electron chi connectivity index (χ0n) is 27.6. The fraction of sp³-hybridized carbons (Fsp3) is 0.686. The summed E-state index contributed by atoms with van der Waals surface area (Å²) in [5.41, 5.74) is 5.33. The van der Waals surface area contributed by atoms with Gasteiger partial charge in [-0.3, -0.25) is 13.8 Å². The van der Waals surface area contributed by atoms with E-state index in [-0.39, 0.29) is 25.7 Å². The number of nitrogens with two attached hydrogens (primary N) is 1. The second-order valence-electron chi connectivity index (χ2n) is 11.0. The number of rotatable bonds is 30. The molecule has 44 heavy (non-hydrogen) atoms. The highest BCUT2D eigenvalue weighted by atomic mass is 31.2. The molecule has 0 bridgehead atoms. The highest BCUT2D eigenvalue weighted by Gasteiger charge is 2.26. The van der Waals surface area contributed by atoms with Gasteiger partial charge in [0, 0.05) is 13.0 Å². The fourth-order valence-electron chi connectivity index (χ4n) is 4.28. The van der Waals surface area contributed by atoms with Gasteiger partial charge in [-0.05, 0) is 64.2 Å². The van der Waals surface area contributed by atoms with Crippen molar-refractivity contribution >= 4 is 13.7 Å². The maximum absolute atomic E-state index is 12.6. The van der Waals surface area contributed by atoms with Crippen LogP contribution in [0.1, 0.15) is 123 Å². The summed E-state index contributed by atoms with van der Waals surface area (Å²) in [5.74, 6) is -0.239. The lowest BCUT2D eigenvalue weighted by atomic mass is 10.1. The number of hydrogen-bond acceptors (Lipinski definition) is 6. The lowest BCUT2D eigenvalue weighted by Gasteiger charge is -2.23. The molecule has 8 nitrogen and oxygen atoms in total. The molecule has 0 aromatic heterocycles. The molecule has 0 saturated carbocycles. The molecule has 0 spiro atoms. The van der Waals surface area contributed by atoms with E-state index in [1.165, 1.54) is 38.5 Å². The van der Waals surface area contributed by atoms with E-state index in [2.05, 4.69) is 67.8 Å². The first kappa shape index (κ1) is 42.2. The Morgan fingerprint density at radius 1 is 0.773 bits per heavy atom. The Balaban J connectivity index is 4.53. The first-order valence-electron chi connectivity index (χ1n) is 16.9. The molecule has 0 aromatic rings. The van der Waals surface area contributed by atoms with Gasteiger partial charge < -0.3 is 21.1 Å². The summed E-state index contributed by atoms with van der Waals surface area (Å²) in [7, 11) is -4.34. The van der Waals surface area contributed by atoms with Crippen molar-refractivity contribution in [1.29, 1.82) is 0 Å². The molecule has 0 aliphatic rings. The normalized spacial score (nSPS) is 15.3. The maximum atomic E-state index is 12.6. The highest BCUT2D eigenvalue weighted by Crippen LogP contribution is 2.43. The second-order valence-corrected chi connectivity index (χ2v) is 12.4. The molecule has 254 valence electrons. The lowest BCUT2D eigenvalue weighted by Crippen LogP contribution is -2.45. The van der Waals surface area contributed by atoms with Gasteiger partial charge in [0.15, 0.2) is 0 Å². The van der Waals surface area contributed by atoms with Gasteiger partial charge >= 0.3 is 7.82 Å². The van der Waals surface area contributed by atoms with Crippen LogP contribution in [0.3, 0.4) is 0 Å². The molecule has 0 aromatic carbocycles. The van der Waals surface area contributed by atoms with Gasteiger partial charge in [0.05, 0.1) is 25.4 Å². The van der Waals surface area contributed by atoms with E-state index >= 15 is 0 Å². The van der Waals surface area contributed by atoms with Crippen LogP contribution in [0.5, 0.6) is 0 Å². The van der Waals surface area contributed by atoms with Crippen molar-refractivity contribution in [2.45, 2.75) is 135 Å². The number of aliphatic hydroxyl groups excluding tert-OH is 1. The average molecular weight is 639 g/mol. The summed E-state index contributed by atoms with van der Waals surface area (Å²) in [6, 6.07) is -0.891. The van der Waals surface area contributed by atoms with Crippen LogP contribution in [0.4, 0.5) is 0 Å². The smallest absolute Gasteiger partial charge is 0.387 e. The van der Waals surface area contributed by atoms with E-state index < -0.39 is 20.0 Å². The van der Waals surface area contributed by atoms with E-state index in [0.717, 1.165) is 57.8 Å². The molecule has 3 unspecified atom stereocenters. The van der Waals surface area contributed by atoms with Crippen molar-refractivity contribution in [3.05, 3.63) is 60.8 Å². The molecule has 5 N–H and O–H groups in total. The van der Waals surface area contributed by atoms with Crippen LogP contribution < -0.4 is 11.1 Å². The van der Waals surface area contributed by atoms with Gasteiger partial charge in [0.1, 0.15) is 0 Å². The molecular formula is C35H63N2O6P. The van der Waals surface area contributed by atoms with Crippen LogP contribution in [0.25, 0.3) is 0 Å². The predicted molar refractivity (Wildman–Crippen MR) is 184 cm³/mol. The molecule has 3 atom stereocenters.